The van der Waals surface area contributed by atoms with Gasteiger partial charge in [-0.25, -0.2) is 0 Å². The summed E-state index contributed by atoms with van der Waals surface area (Å²) in [4.78, 5) is 10.1. The Labute approximate surface area is 75.9 Å². The lowest BCUT2D eigenvalue weighted by atomic mass is 10.1. The summed E-state index contributed by atoms with van der Waals surface area (Å²) in [5.41, 5.74) is 0.669. The van der Waals surface area contributed by atoms with Crippen LogP contribution in [0, 0.1) is 22.5 Å². The SMILES string of the molecule is C#Cc1cccc(C=C)c1[N+](=O)[O-]. The van der Waals surface area contributed by atoms with Crippen molar-refractivity contribution in [3.05, 3.63) is 46.0 Å². The molecule has 0 amide bonds. The lowest BCUT2D eigenvalue weighted by Crippen LogP contribution is -1.94. The minimum atomic E-state index is -0.494. The molecule has 0 heterocycles. The lowest BCUT2D eigenvalue weighted by Gasteiger charge is -1.98. The fraction of sp³-hybridized carbons (Fsp3) is 0. The molecule has 0 atom stereocenters. The molecule has 0 fully saturated rings. The first-order valence-electron chi connectivity index (χ1n) is 3.57. The largest absolute Gasteiger partial charge is 0.292 e. The summed E-state index contributed by atoms with van der Waals surface area (Å²) in [5.74, 6) is 2.26. The van der Waals surface area contributed by atoms with E-state index in [1.54, 1.807) is 12.1 Å². The number of benzene rings is 1. The highest BCUT2D eigenvalue weighted by molar-refractivity contribution is 5.66. The molecule has 3 nitrogen and oxygen atoms in total. The van der Waals surface area contributed by atoms with Crippen molar-refractivity contribution in [2.75, 3.05) is 0 Å². The molecule has 64 valence electrons. The average molecular weight is 173 g/mol. The third-order valence-electron chi connectivity index (χ3n) is 1.63. The molecule has 3 heteroatoms. The standard InChI is InChI=1S/C10H7NO2/c1-3-8-6-5-7-9(4-2)10(8)11(12)13/h1,4-7H,2H2. The van der Waals surface area contributed by atoms with Crippen LogP contribution in [0.1, 0.15) is 11.1 Å². The number of nitrogens with zero attached hydrogens (tertiary/aromatic N) is 1. The highest BCUT2D eigenvalue weighted by atomic mass is 16.6. The molecule has 0 saturated heterocycles. The Morgan fingerprint density at radius 2 is 2.31 bits per heavy atom. The van der Waals surface area contributed by atoms with E-state index in [1.165, 1.54) is 12.1 Å². The molecule has 1 aromatic carbocycles. The molecule has 0 aliphatic heterocycles. The van der Waals surface area contributed by atoms with Gasteiger partial charge >= 0.3 is 0 Å². The maximum atomic E-state index is 10.6. The number of nitro benzene ring substituents is 1. The molecule has 0 aliphatic carbocycles. The Hall–Kier alpha value is -2.08. The van der Waals surface area contributed by atoms with Gasteiger partial charge in [0.05, 0.1) is 10.5 Å². The first kappa shape index (κ1) is 9.01. The van der Waals surface area contributed by atoms with Crippen LogP contribution in [0.5, 0.6) is 0 Å². The summed E-state index contributed by atoms with van der Waals surface area (Å²) in [5, 5.41) is 10.6. The maximum absolute atomic E-state index is 10.6. The van der Waals surface area contributed by atoms with Crippen LogP contribution in [0.15, 0.2) is 24.8 Å². The van der Waals surface area contributed by atoms with Gasteiger partial charge in [-0.15, -0.1) is 6.42 Å². The number of terminal acetylenes is 1. The zero-order valence-electron chi connectivity index (χ0n) is 6.86. The van der Waals surface area contributed by atoms with Crippen molar-refractivity contribution in [1.82, 2.24) is 0 Å². The van der Waals surface area contributed by atoms with Crippen LogP contribution in [0.2, 0.25) is 0 Å². The first-order valence-corrected chi connectivity index (χ1v) is 3.57. The van der Waals surface area contributed by atoms with E-state index in [9.17, 15) is 10.1 Å². The van der Waals surface area contributed by atoms with E-state index in [-0.39, 0.29) is 11.3 Å². The summed E-state index contributed by atoms with van der Waals surface area (Å²) in [6, 6.07) is 4.80. The predicted octanol–water partition coefficient (Wildman–Crippen LogP) is 2.22. The van der Waals surface area contributed by atoms with Gasteiger partial charge in [0.25, 0.3) is 5.69 Å². The van der Waals surface area contributed by atoms with Gasteiger partial charge < -0.3 is 0 Å². The maximum Gasteiger partial charge on any atom is 0.292 e. The van der Waals surface area contributed by atoms with Gasteiger partial charge in [-0.1, -0.05) is 24.6 Å². The van der Waals surface area contributed by atoms with Crippen LogP contribution in [0.3, 0.4) is 0 Å². The van der Waals surface area contributed by atoms with E-state index in [0.717, 1.165) is 0 Å². The van der Waals surface area contributed by atoms with Gasteiger partial charge in [-0.05, 0) is 12.1 Å². The summed E-state index contributed by atoms with van der Waals surface area (Å²) >= 11 is 0. The summed E-state index contributed by atoms with van der Waals surface area (Å²) < 4.78 is 0. The van der Waals surface area contributed by atoms with E-state index < -0.39 is 4.92 Å². The zero-order chi connectivity index (χ0) is 9.84. The third-order valence-corrected chi connectivity index (χ3v) is 1.63. The van der Waals surface area contributed by atoms with E-state index in [4.69, 9.17) is 6.42 Å². The van der Waals surface area contributed by atoms with Crippen molar-refractivity contribution in [1.29, 1.82) is 0 Å². The average Bonchev–Trinajstić information content (AvgIpc) is 2.16. The van der Waals surface area contributed by atoms with Crippen molar-refractivity contribution in [3.8, 4) is 12.3 Å². The van der Waals surface area contributed by atoms with Gasteiger partial charge in [0.2, 0.25) is 0 Å². The van der Waals surface area contributed by atoms with Gasteiger partial charge in [-0.2, -0.15) is 0 Å². The zero-order valence-corrected chi connectivity index (χ0v) is 6.86. The molecule has 0 bridgehead atoms. The number of hydrogen-bond acceptors (Lipinski definition) is 2. The Balaban J connectivity index is 3.49. The Kier molecular flexibility index (Phi) is 2.46. The first-order chi connectivity index (χ1) is 6.20. The second-order valence-corrected chi connectivity index (χ2v) is 2.35. The number of rotatable bonds is 2. The van der Waals surface area contributed by atoms with E-state index in [1.807, 2.05) is 0 Å². The molecule has 0 aromatic heterocycles. The summed E-state index contributed by atoms with van der Waals surface area (Å²) in [6.45, 7) is 3.48. The quantitative estimate of drug-likeness (QED) is 0.391. The molecule has 1 aromatic rings. The predicted molar refractivity (Wildman–Crippen MR) is 51.1 cm³/mol. The Bertz CT molecular complexity index is 402. The molecule has 0 saturated carbocycles. The van der Waals surface area contributed by atoms with Crippen LogP contribution in [-0.2, 0) is 0 Å². The minimum Gasteiger partial charge on any atom is -0.258 e. The van der Waals surface area contributed by atoms with Crippen molar-refractivity contribution < 1.29 is 4.92 Å². The number of hydrogen-bond donors (Lipinski definition) is 0. The van der Waals surface area contributed by atoms with Crippen LogP contribution >= 0.6 is 0 Å². The smallest absolute Gasteiger partial charge is 0.258 e. The second-order valence-electron chi connectivity index (χ2n) is 2.35. The number of para-hydroxylation sites is 1. The third kappa shape index (κ3) is 1.57. The van der Waals surface area contributed by atoms with Crippen molar-refractivity contribution >= 4 is 11.8 Å². The fourth-order valence-electron chi connectivity index (χ4n) is 1.05. The van der Waals surface area contributed by atoms with Gasteiger partial charge in [0, 0.05) is 0 Å². The molecule has 0 unspecified atom stereocenters. The van der Waals surface area contributed by atoms with Crippen molar-refractivity contribution in [2.24, 2.45) is 0 Å². The lowest BCUT2D eigenvalue weighted by molar-refractivity contribution is -0.385. The highest BCUT2D eigenvalue weighted by Gasteiger charge is 2.15. The van der Waals surface area contributed by atoms with Gasteiger partial charge in [0.1, 0.15) is 5.56 Å². The summed E-state index contributed by atoms with van der Waals surface area (Å²) in [6.07, 6.45) is 6.54. The highest BCUT2D eigenvalue weighted by Crippen LogP contribution is 2.23. The Morgan fingerprint density at radius 3 is 2.77 bits per heavy atom. The van der Waals surface area contributed by atoms with E-state index >= 15 is 0 Å². The van der Waals surface area contributed by atoms with Crippen molar-refractivity contribution in [3.63, 3.8) is 0 Å². The minimum absolute atomic E-state index is 0.0556. The molecule has 1 rings (SSSR count). The van der Waals surface area contributed by atoms with Crippen molar-refractivity contribution in [2.45, 2.75) is 0 Å². The molecule has 0 radical (unpaired) electrons. The second kappa shape index (κ2) is 3.55. The fourth-order valence-corrected chi connectivity index (χ4v) is 1.05. The van der Waals surface area contributed by atoms with Gasteiger partial charge in [-0.3, -0.25) is 10.1 Å². The molecule has 0 aliphatic rings. The summed E-state index contributed by atoms with van der Waals surface area (Å²) in [7, 11) is 0. The molecule has 13 heavy (non-hydrogen) atoms. The topological polar surface area (TPSA) is 43.1 Å². The van der Waals surface area contributed by atoms with Crippen LogP contribution < -0.4 is 0 Å². The van der Waals surface area contributed by atoms with Crippen LogP contribution in [0.4, 0.5) is 5.69 Å². The normalized spacial score (nSPS) is 8.85. The Morgan fingerprint density at radius 1 is 1.62 bits per heavy atom. The monoisotopic (exact) mass is 173 g/mol. The molecular weight excluding hydrogens is 166 g/mol. The van der Waals surface area contributed by atoms with Crippen LogP contribution in [-0.4, -0.2) is 4.92 Å². The molecule has 0 N–H and O–H groups in total. The van der Waals surface area contributed by atoms with Crippen LogP contribution in [0.25, 0.3) is 6.08 Å². The van der Waals surface area contributed by atoms with E-state index in [2.05, 4.69) is 12.5 Å². The van der Waals surface area contributed by atoms with E-state index in [0.29, 0.717) is 5.56 Å². The number of nitro groups is 1. The molecule has 0 spiro atoms. The van der Waals surface area contributed by atoms with Gasteiger partial charge in [0.15, 0.2) is 0 Å². The molecular formula is C10H7NO2.